The van der Waals surface area contributed by atoms with Crippen molar-refractivity contribution >= 4 is 5.91 Å². The van der Waals surface area contributed by atoms with Gasteiger partial charge in [-0.25, -0.2) is 4.98 Å². The van der Waals surface area contributed by atoms with Gasteiger partial charge in [-0.2, -0.15) is 15.0 Å². The van der Waals surface area contributed by atoms with Crippen LogP contribution in [0, 0.1) is 0 Å². The topological polar surface area (TPSA) is 73.1 Å². The lowest BCUT2D eigenvalue weighted by molar-refractivity contribution is 0.0372. The van der Waals surface area contributed by atoms with Crippen molar-refractivity contribution in [3.05, 3.63) is 66.6 Å². The fraction of sp³-hybridized carbons (Fsp3) is 0.300. The highest BCUT2D eigenvalue weighted by atomic mass is 16.5. The summed E-state index contributed by atoms with van der Waals surface area (Å²) in [6.07, 6.45) is 6.60. The second-order valence-corrected chi connectivity index (χ2v) is 6.63. The maximum atomic E-state index is 13.3. The number of pyridine rings is 1. The molecule has 27 heavy (non-hydrogen) atoms. The summed E-state index contributed by atoms with van der Waals surface area (Å²) in [5, 5.41) is 8.33. The molecule has 1 fully saturated rings. The number of ether oxygens (including phenoxy) is 1. The Hall–Kier alpha value is -3.22. The van der Waals surface area contributed by atoms with Crippen molar-refractivity contribution in [2.45, 2.75) is 31.9 Å². The van der Waals surface area contributed by atoms with E-state index in [4.69, 9.17) is 4.74 Å². The lowest BCUT2D eigenvalue weighted by Crippen LogP contribution is -2.49. The quantitative estimate of drug-likeness (QED) is 0.713. The minimum absolute atomic E-state index is 0.0373. The molecular formula is C20H21N5O2. The molecule has 2 atom stereocenters. The zero-order chi connectivity index (χ0) is 18.6. The number of carbonyl (C=O) groups is 1. The number of carbonyl (C=O) groups excluding carboxylic acids is 1. The molecule has 0 bridgehead atoms. The number of benzene rings is 1. The lowest BCUT2D eigenvalue weighted by atomic mass is 9.99. The fourth-order valence-corrected chi connectivity index (χ4v) is 3.36. The molecule has 1 aliphatic rings. The first-order valence-corrected chi connectivity index (χ1v) is 9.07. The van der Waals surface area contributed by atoms with Crippen LogP contribution in [0.2, 0.25) is 0 Å². The number of piperidine rings is 1. The summed E-state index contributed by atoms with van der Waals surface area (Å²) in [5.41, 5.74) is 1.26. The summed E-state index contributed by atoms with van der Waals surface area (Å²) in [7, 11) is 0. The van der Waals surface area contributed by atoms with Crippen LogP contribution < -0.4 is 4.74 Å². The number of likely N-dealkylation sites (tertiary alicyclic amines) is 1. The first-order chi connectivity index (χ1) is 13.2. The third-order valence-electron chi connectivity index (χ3n) is 4.79. The first-order valence-electron chi connectivity index (χ1n) is 9.07. The van der Waals surface area contributed by atoms with E-state index < -0.39 is 0 Å². The molecule has 0 unspecified atom stereocenters. The van der Waals surface area contributed by atoms with Crippen molar-refractivity contribution < 1.29 is 9.53 Å². The van der Waals surface area contributed by atoms with Crippen molar-refractivity contribution in [3.63, 3.8) is 0 Å². The molecule has 1 aromatic carbocycles. The second-order valence-electron chi connectivity index (χ2n) is 6.63. The van der Waals surface area contributed by atoms with E-state index in [-0.39, 0.29) is 18.1 Å². The summed E-state index contributed by atoms with van der Waals surface area (Å²) in [4.78, 5) is 20.9. The van der Waals surface area contributed by atoms with Crippen LogP contribution in [0.4, 0.5) is 0 Å². The van der Waals surface area contributed by atoms with Gasteiger partial charge in [0.2, 0.25) is 5.88 Å². The van der Waals surface area contributed by atoms with Crippen molar-refractivity contribution in [2.24, 2.45) is 0 Å². The molecule has 4 rings (SSSR count). The highest BCUT2D eigenvalue weighted by Crippen LogP contribution is 2.24. The second kappa shape index (κ2) is 7.57. The van der Waals surface area contributed by atoms with Crippen LogP contribution in [-0.2, 0) is 0 Å². The Kier molecular flexibility index (Phi) is 4.82. The summed E-state index contributed by atoms with van der Waals surface area (Å²) in [6.45, 7) is 2.60. The Bertz CT molecular complexity index is 898. The molecule has 1 aliphatic heterocycles. The minimum atomic E-state index is -0.0740. The Balaban J connectivity index is 1.56. The number of rotatable bonds is 4. The highest BCUT2D eigenvalue weighted by molar-refractivity contribution is 5.98. The zero-order valence-electron chi connectivity index (χ0n) is 15.1. The summed E-state index contributed by atoms with van der Waals surface area (Å²) in [6, 6.07) is 13.1. The fourth-order valence-electron chi connectivity index (χ4n) is 3.36. The summed E-state index contributed by atoms with van der Waals surface area (Å²) >= 11 is 0. The average Bonchev–Trinajstić information content (AvgIpc) is 3.24. The van der Waals surface area contributed by atoms with E-state index in [0.717, 1.165) is 12.8 Å². The Morgan fingerprint density at radius 2 is 1.81 bits per heavy atom. The number of para-hydroxylation sites is 1. The molecule has 138 valence electrons. The van der Waals surface area contributed by atoms with E-state index in [2.05, 4.69) is 22.1 Å². The molecule has 0 aliphatic carbocycles. The molecule has 3 aromatic rings. The molecule has 1 saturated heterocycles. The normalized spacial score (nSPS) is 19.7. The van der Waals surface area contributed by atoms with Crippen LogP contribution in [0.15, 0.2) is 61.1 Å². The van der Waals surface area contributed by atoms with E-state index in [1.54, 1.807) is 18.6 Å². The number of aromatic nitrogens is 4. The molecule has 0 radical (unpaired) electrons. The molecule has 0 spiro atoms. The molecule has 2 aromatic heterocycles. The van der Waals surface area contributed by atoms with E-state index in [9.17, 15) is 4.79 Å². The molecule has 7 nitrogen and oxygen atoms in total. The molecule has 0 saturated carbocycles. The van der Waals surface area contributed by atoms with Crippen LogP contribution in [0.3, 0.4) is 0 Å². The van der Waals surface area contributed by atoms with Crippen molar-refractivity contribution in [1.82, 2.24) is 24.9 Å². The number of amides is 1. The van der Waals surface area contributed by atoms with Gasteiger partial charge in [0.05, 0.1) is 30.2 Å². The molecule has 7 heteroatoms. The largest absolute Gasteiger partial charge is 0.472 e. The van der Waals surface area contributed by atoms with Crippen LogP contribution in [0.1, 0.15) is 30.1 Å². The number of nitrogens with zero attached hydrogens (tertiary/aromatic N) is 5. The summed E-state index contributed by atoms with van der Waals surface area (Å²) in [5.74, 6) is 0.551. The third-order valence-corrected chi connectivity index (χ3v) is 4.79. The van der Waals surface area contributed by atoms with Gasteiger partial charge in [-0.1, -0.05) is 18.2 Å². The predicted molar refractivity (Wildman–Crippen MR) is 99.7 cm³/mol. The Morgan fingerprint density at radius 3 is 2.59 bits per heavy atom. The Morgan fingerprint density at radius 1 is 1.04 bits per heavy atom. The Labute approximate surface area is 157 Å². The van der Waals surface area contributed by atoms with Crippen molar-refractivity contribution in [1.29, 1.82) is 0 Å². The smallest absolute Gasteiger partial charge is 0.256 e. The number of hydrogen-bond donors (Lipinski definition) is 0. The monoisotopic (exact) mass is 363 g/mol. The minimum Gasteiger partial charge on any atom is -0.472 e. The first kappa shape index (κ1) is 17.2. The molecule has 3 heterocycles. The third kappa shape index (κ3) is 3.67. The van der Waals surface area contributed by atoms with Gasteiger partial charge in [-0.3, -0.25) is 4.79 Å². The molecular weight excluding hydrogens is 342 g/mol. The van der Waals surface area contributed by atoms with Crippen molar-refractivity contribution in [3.8, 4) is 11.6 Å². The van der Waals surface area contributed by atoms with Crippen LogP contribution in [-0.4, -0.2) is 49.5 Å². The number of hydrogen-bond acceptors (Lipinski definition) is 5. The lowest BCUT2D eigenvalue weighted by Gasteiger charge is -2.38. The van der Waals surface area contributed by atoms with Crippen LogP contribution >= 0.6 is 0 Å². The van der Waals surface area contributed by atoms with Gasteiger partial charge >= 0.3 is 0 Å². The van der Waals surface area contributed by atoms with Gasteiger partial charge in [-0.05, 0) is 38.0 Å². The van der Waals surface area contributed by atoms with E-state index >= 15 is 0 Å². The summed E-state index contributed by atoms with van der Waals surface area (Å²) < 4.78 is 5.99. The van der Waals surface area contributed by atoms with Gasteiger partial charge < -0.3 is 9.64 Å². The van der Waals surface area contributed by atoms with Crippen molar-refractivity contribution in [2.75, 3.05) is 6.54 Å². The van der Waals surface area contributed by atoms with Gasteiger partial charge in [0.15, 0.2) is 0 Å². The molecule has 0 N–H and O–H groups in total. The SMILES string of the molecule is C[C@@H]1CC[C@@H](Oc2ccccn2)CN1C(=O)c1ccccc1-n1nccn1. The maximum Gasteiger partial charge on any atom is 0.256 e. The predicted octanol–water partition coefficient (Wildman–Crippen LogP) is 2.73. The van der Waals surface area contributed by atoms with Gasteiger partial charge in [0, 0.05) is 18.3 Å². The zero-order valence-corrected chi connectivity index (χ0v) is 15.1. The van der Waals surface area contributed by atoms with Crippen LogP contribution in [0.5, 0.6) is 5.88 Å². The van der Waals surface area contributed by atoms with E-state index in [1.165, 1.54) is 4.80 Å². The molecule has 1 amide bonds. The highest BCUT2D eigenvalue weighted by Gasteiger charge is 2.32. The maximum absolute atomic E-state index is 13.3. The average molecular weight is 363 g/mol. The van der Waals surface area contributed by atoms with Gasteiger partial charge in [0.25, 0.3) is 5.91 Å². The van der Waals surface area contributed by atoms with Gasteiger partial charge in [-0.15, -0.1) is 0 Å². The van der Waals surface area contributed by atoms with Gasteiger partial charge in [0.1, 0.15) is 6.10 Å². The van der Waals surface area contributed by atoms with E-state index in [1.807, 2.05) is 47.4 Å². The van der Waals surface area contributed by atoms with Crippen LogP contribution in [0.25, 0.3) is 5.69 Å². The standard InChI is InChI=1S/C20H21N5O2/c1-15-9-10-16(27-19-8-4-5-11-21-19)14-24(15)20(26)17-6-2-3-7-18(17)25-22-12-13-23-25/h2-8,11-13,15-16H,9-10,14H2,1H3/t15-,16-/m1/s1. The van der Waals surface area contributed by atoms with E-state index in [0.29, 0.717) is 23.7 Å².